The predicted octanol–water partition coefficient (Wildman–Crippen LogP) is 2.79. The number of benzene rings is 2. The molecule has 108 valence electrons. The molecule has 0 aliphatic rings. The Hall–Kier alpha value is -2.89. The van der Waals surface area contributed by atoms with Crippen molar-refractivity contribution >= 4 is 17.6 Å². The van der Waals surface area contributed by atoms with Crippen LogP contribution in [0.15, 0.2) is 36.4 Å². The fourth-order valence-corrected chi connectivity index (χ4v) is 1.75. The van der Waals surface area contributed by atoms with Gasteiger partial charge in [-0.1, -0.05) is 0 Å². The molecule has 0 aliphatic carbocycles. The minimum Gasteiger partial charge on any atom is -0.506 e. The standard InChI is InChI=1S/C15H12FNO4/c1-8-6-9(2-4-11(8)16)14(19)17-12-5-3-10(15(20)21)7-13(12)18/h2-7,18H,1H3,(H,17,19)(H,20,21). The molecular weight excluding hydrogens is 277 g/mol. The quantitative estimate of drug-likeness (QED) is 0.758. The Bertz CT molecular complexity index is 728. The average molecular weight is 289 g/mol. The summed E-state index contributed by atoms with van der Waals surface area (Å²) in [6.45, 7) is 1.53. The van der Waals surface area contributed by atoms with Gasteiger partial charge >= 0.3 is 5.97 Å². The number of aromatic carboxylic acids is 1. The Kier molecular flexibility index (Phi) is 3.89. The molecule has 3 N–H and O–H groups in total. The van der Waals surface area contributed by atoms with Gasteiger partial charge in [-0.15, -0.1) is 0 Å². The molecule has 0 unspecified atom stereocenters. The number of hydrogen-bond donors (Lipinski definition) is 3. The molecule has 0 saturated carbocycles. The number of phenolic OH excluding ortho intramolecular Hbond substituents is 1. The number of halogens is 1. The van der Waals surface area contributed by atoms with E-state index < -0.39 is 17.7 Å². The average Bonchev–Trinajstić information content (AvgIpc) is 2.43. The Labute approximate surface area is 119 Å². The number of phenols is 1. The Morgan fingerprint density at radius 2 is 1.76 bits per heavy atom. The predicted molar refractivity (Wildman–Crippen MR) is 74.2 cm³/mol. The van der Waals surface area contributed by atoms with Gasteiger partial charge in [-0.3, -0.25) is 4.79 Å². The Morgan fingerprint density at radius 3 is 2.33 bits per heavy atom. The number of carboxylic acid groups (broad SMARTS) is 1. The first-order chi connectivity index (χ1) is 9.88. The Morgan fingerprint density at radius 1 is 1.10 bits per heavy atom. The van der Waals surface area contributed by atoms with E-state index in [9.17, 15) is 19.1 Å². The molecule has 0 radical (unpaired) electrons. The van der Waals surface area contributed by atoms with Crippen molar-refractivity contribution in [3.8, 4) is 5.75 Å². The van der Waals surface area contributed by atoms with Gasteiger partial charge in [0, 0.05) is 5.56 Å². The first-order valence-electron chi connectivity index (χ1n) is 6.02. The highest BCUT2D eigenvalue weighted by atomic mass is 19.1. The van der Waals surface area contributed by atoms with Crippen LogP contribution < -0.4 is 5.32 Å². The lowest BCUT2D eigenvalue weighted by molar-refractivity contribution is 0.0696. The lowest BCUT2D eigenvalue weighted by Crippen LogP contribution is -2.12. The van der Waals surface area contributed by atoms with E-state index in [0.717, 1.165) is 6.07 Å². The molecular formula is C15H12FNO4. The summed E-state index contributed by atoms with van der Waals surface area (Å²) in [7, 11) is 0. The number of carbonyl (C=O) groups is 2. The van der Waals surface area contributed by atoms with Crippen LogP contribution >= 0.6 is 0 Å². The van der Waals surface area contributed by atoms with Crippen molar-refractivity contribution in [1.82, 2.24) is 0 Å². The van der Waals surface area contributed by atoms with Crippen molar-refractivity contribution < 1.29 is 24.2 Å². The lowest BCUT2D eigenvalue weighted by Gasteiger charge is -2.08. The number of anilines is 1. The van der Waals surface area contributed by atoms with Crippen molar-refractivity contribution in [2.45, 2.75) is 6.92 Å². The van der Waals surface area contributed by atoms with Crippen LogP contribution in [0.25, 0.3) is 0 Å². The van der Waals surface area contributed by atoms with Crippen LogP contribution in [-0.4, -0.2) is 22.1 Å². The number of hydrogen-bond acceptors (Lipinski definition) is 3. The van der Waals surface area contributed by atoms with Gasteiger partial charge in [0.2, 0.25) is 0 Å². The van der Waals surface area contributed by atoms with E-state index >= 15 is 0 Å². The van der Waals surface area contributed by atoms with Crippen molar-refractivity contribution in [3.05, 3.63) is 58.9 Å². The summed E-state index contributed by atoms with van der Waals surface area (Å²) in [5.74, 6) is -2.49. The van der Waals surface area contributed by atoms with Gasteiger partial charge < -0.3 is 15.5 Å². The second-order valence-corrected chi connectivity index (χ2v) is 4.46. The van der Waals surface area contributed by atoms with Crippen molar-refractivity contribution in [3.63, 3.8) is 0 Å². The summed E-state index contributed by atoms with van der Waals surface area (Å²) in [5, 5.41) is 20.9. The van der Waals surface area contributed by atoms with Crippen molar-refractivity contribution in [2.75, 3.05) is 5.32 Å². The SMILES string of the molecule is Cc1cc(C(=O)Nc2ccc(C(=O)O)cc2O)ccc1F. The summed E-state index contributed by atoms with van der Waals surface area (Å²) >= 11 is 0. The number of amides is 1. The third kappa shape index (κ3) is 3.17. The van der Waals surface area contributed by atoms with Gasteiger partial charge in [0.25, 0.3) is 5.91 Å². The van der Waals surface area contributed by atoms with Gasteiger partial charge in [0.1, 0.15) is 11.6 Å². The summed E-state index contributed by atoms with van der Waals surface area (Å²) < 4.78 is 13.1. The summed E-state index contributed by atoms with van der Waals surface area (Å²) in [5.41, 5.74) is 0.541. The zero-order chi connectivity index (χ0) is 15.6. The second-order valence-electron chi connectivity index (χ2n) is 4.46. The fraction of sp³-hybridized carbons (Fsp3) is 0.0667. The highest BCUT2D eigenvalue weighted by Gasteiger charge is 2.12. The molecule has 21 heavy (non-hydrogen) atoms. The summed E-state index contributed by atoms with van der Waals surface area (Å²) in [4.78, 5) is 22.7. The van der Waals surface area contributed by atoms with E-state index in [0.29, 0.717) is 5.56 Å². The highest BCUT2D eigenvalue weighted by molar-refractivity contribution is 6.05. The van der Waals surface area contributed by atoms with E-state index in [1.165, 1.54) is 37.3 Å². The van der Waals surface area contributed by atoms with Crippen LogP contribution in [0.2, 0.25) is 0 Å². The molecule has 0 fully saturated rings. The fourth-order valence-electron chi connectivity index (χ4n) is 1.75. The molecule has 1 amide bonds. The van der Waals surface area contributed by atoms with E-state index in [-0.39, 0.29) is 22.6 Å². The topological polar surface area (TPSA) is 86.6 Å². The van der Waals surface area contributed by atoms with Crippen molar-refractivity contribution in [1.29, 1.82) is 0 Å². The molecule has 0 saturated heterocycles. The first kappa shape index (κ1) is 14.5. The molecule has 0 aromatic heterocycles. The number of carboxylic acids is 1. The monoisotopic (exact) mass is 289 g/mol. The van der Waals surface area contributed by atoms with Gasteiger partial charge in [0.05, 0.1) is 11.3 Å². The number of nitrogens with one attached hydrogen (secondary N) is 1. The van der Waals surface area contributed by atoms with Crippen molar-refractivity contribution in [2.24, 2.45) is 0 Å². The molecule has 6 heteroatoms. The molecule has 2 aromatic carbocycles. The maximum atomic E-state index is 13.1. The van der Waals surface area contributed by atoms with Crippen LogP contribution in [0.3, 0.4) is 0 Å². The zero-order valence-corrected chi connectivity index (χ0v) is 11.1. The van der Waals surface area contributed by atoms with Crippen LogP contribution in [-0.2, 0) is 0 Å². The number of aromatic hydroxyl groups is 1. The lowest BCUT2D eigenvalue weighted by atomic mass is 10.1. The summed E-state index contributed by atoms with van der Waals surface area (Å²) in [6, 6.07) is 7.46. The molecule has 0 heterocycles. The Balaban J connectivity index is 2.23. The van der Waals surface area contributed by atoms with Gasteiger partial charge in [-0.25, -0.2) is 9.18 Å². The molecule has 2 rings (SSSR count). The molecule has 0 aliphatic heterocycles. The van der Waals surface area contributed by atoms with E-state index in [1.807, 2.05) is 0 Å². The maximum absolute atomic E-state index is 13.1. The summed E-state index contributed by atoms with van der Waals surface area (Å²) in [6.07, 6.45) is 0. The van der Waals surface area contributed by atoms with E-state index in [1.54, 1.807) is 0 Å². The highest BCUT2D eigenvalue weighted by Crippen LogP contribution is 2.25. The largest absolute Gasteiger partial charge is 0.506 e. The molecule has 0 spiro atoms. The molecule has 0 atom stereocenters. The number of carbonyl (C=O) groups excluding carboxylic acids is 1. The van der Waals surface area contributed by atoms with Gasteiger partial charge in [-0.05, 0) is 48.9 Å². The van der Waals surface area contributed by atoms with Crippen LogP contribution in [0.1, 0.15) is 26.3 Å². The minimum atomic E-state index is -1.18. The third-order valence-corrected chi connectivity index (χ3v) is 2.91. The molecule has 2 aromatic rings. The number of aryl methyl sites for hydroxylation is 1. The first-order valence-corrected chi connectivity index (χ1v) is 6.02. The van der Waals surface area contributed by atoms with Crippen LogP contribution in [0, 0.1) is 12.7 Å². The second kappa shape index (κ2) is 5.62. The maximum Gasteiger partial charge on any atom is 0.335 e. The van der Waals surface area contributed by atoms with E-state index in [4.69, 9.17) is 5.11 Å². The minimum absolute atomic E-state index is 0.0759. The molecule has 0 bridgehead atoms. The third-order valence-electron chi connectivity index (χ3n) is 2.91. The van der Waals surface area contributed by atoms with E-state index in [2.05, 4.69) is 5.32 Å². The zero-order valence-electron chi connectivity index (χ0n) is 11.1. The van der Waals surface area contributed by atoms with Gasteiger partial charge in [0.15, 0.2) is 0 Å². The van der Waals surface area contributed by atoms with Gasteiger partial charge in [-0.2, -0.15) is 0 Å². The number of rotatable bonds is 3. The van der Waals surface area contributed by atoms with Crippen LogP contribution in [0.5, 0.6) is 5.75 Å². The normalized spacial score (nSPS) is 10.2. The van der Waals surface area contributed by atoms with Crippen LogP contribution in [0.4, 0.5) is 10.1 Å². The smallest absolute Gasteiger partial charge is 0.335 e. The molecule has 5 nitrogen and oxygen atoms in total.